The lowest BCUT2D eigenvalue weighted by Gasteiger charge is -2.20. The number of aryl methyl sites for hydroxylation is 2. The first-order chi connectivity index (χ1) is 44.2. The van der Waals surface area contributed by atoms with Crippen molar-refractivity contribution in [2.24, 2.45) is 0 Å². The Bertz CT molecular complexity index is 4210. The van der Waals surface area contributed by atoms with Crippen molar-refractivity contribution in [3.63, 3.8) is 0 Å². The molecule has 13 heteroatoms. The average Bonchev–Trinajstić information content (AvgIpc) is 1.12. The molecule has 0 fully saturated rings. The largest absolute Gasteiger partial charge is 0.497 e. The Hall–Kier alpha value is -11.1. The Morgan fingerprint density at radius 3 is 0.879 bits per heavy atom. The SMILES string of the molecule is CNC(=O)c1ccc(Oc2ccc(C(=O)NC)cc2)cc1.COc1ccc(C(=O)c2ccc3cc(C(=O)c4ccc(OC)cc4)ccc3c2)cc1.COc1ccc(P(=O)(c2ccccc2)c2ccc(OC)cc2)cc1.Cc1c2ccccc2c(C)c2ccccc12. The molecular weight excluding hydrogens is 1160 g/mol. The van der Waals surface area contributed by atoms with Crippen molar-refractivity contribution in [1.82, 2.24) is 10.6 Å². The number of carbonyl (C=O) groups is 4. The molecule has 2 N–H and O–H groups in total. The number of fused-ring (bicyclic) bond motifs is 3. The number of methoxy groups -OCH3 is 4. The predicted molar refractivity (Wildman–Crippen MR) is 366 cm³/mol. The van der Waals surface area contributed by atoms with E-state index in [1.807, 2.05) is 103 Å². The van der Waals surface area contributed by atoms with Crippen LogP contribution in [0, 0.1) is 13.8 Å². The van der Waals surface area contributed by atoms with Crippen molar-refractivity contribution in [3.8, 4) is 34.5 Å². The maximum atomic E-state index is 14.1. The van der Waals surface area contributed by atoms with E-state index in [9.17, 15) is 23.7 Å². The predicted octanol–water partition coefficient (Wildman–Crippen LogP) is 15.5. The molecule has 0 aliphatic heterocycles. The smallest absolute Gasteiger partial charge is 0.251 e. The minimum atomic E-state index is -2.95. The van der Waals surface area contributed by atoms with E-state index in [0.29, 0.717) is 56.4 Å². The van der Waals surface area contributed by atoms with Gasteiger partial charge in [0.1, 0.15) is 34.5 Å². The van der Waals surface area contributed by atoms with Crippen LogP contribution in [0.5, 0.6) is 34.5 Å². The molecule has 0 unspecified atom stereocenters. The molecule has 0 saturated carbocycles. The summed E-state index contributed by atoms with van der Waals surface area (Å²) in [5, 5.41) is 14.8. The van der Waals surface area contributed by atoms with E-state index in [1.165, 1.54) is 32.7 Å². The standard InChI is InChI=1S/C26H20O4.C20H19O3P.C16H16N2O3.C16H14/c1-29-23-11-7-17(8-12-23)25(27)21-5-3-20-16-22(6-4-19(20)15-21)26(28)18-9-13-24(30-2)14-10-18;1-22-16-8-12-19(13-9-16)24(21,18-6-4-3-5-7-18)20-14-10-17(23-2)11-15-20;1-17-15(19)11-3-7-13(8-4-11)21-14-9-5-12(6-10-14)16(20)18-2;1-11-13-7-3-5-9-15(13)12(2)16-10-6-4-8-14(11)16/h3-16H,1-2H3;3-15H,1-2H3;3-10H,1-2H3,(H,17,19)(H,18,20);3-10H,1-2H3. The lowest BCUT2D eigenvalue weighted by molar-refractivity contribution is 0.0955. The molecule has 0 aromatic heterocycles. The Morgan fingerprint density at radius 1 is 0.308 bits per heavy atom. The zero-order valence-corrected chi connectivity index (χ0v) is 52.8. The molecule has 12 nitrogen and oxygen atoms in total. The third kappa shape index (κ3) is 15.3. The molecule has 12 aromatic rings. The number of benzene rings is 12. The monoisotopic (exact) mass is 1220 g/mol. The van der Waals surface area contributed by atoms with Crippen LogP contribution in [0.15, 0.2) is 261 Å². The van der Waals surface area contributed by atoms with Crippen LogP contribution in [-0.4, -0.2) is 65.9 Å². The fraction of sp³-hybridized carbons (Fsp3) is 0.103. The lowest BCUT2D eigenvalue weighted by atomic mass is 9.93. The molecule has 0 saturated heterocycles. The van der Waals surface area contributed by atoms with Gasteiger partial charge in [0.05, 0.1) is 28.4 Å². The number of nitrogens with one attached hydrogen (secondary N) is 2. The van der Waals surface area contributed by atoms with E-state index >= 15 is 0 Å². The zero-order valence-electron chi connectivity index (χ0n) is 51.9. The highest BCUT2D eigenvalue weighted by Crippen LogP contribution is 2.43. The van der Waals surface area contributed by atoms with Crippen LogP contribution in [-0.2, 0) is 4.57 Å². The fourth-order valence-corrected chi connectivity index (χ4v) is 13.0. The molecule has 0 aliphatic carbocycles. The minimum Gasteiger partial charge on any atom is -0.497 e. The lowest BCUT2D eigenvalue weighted by Crippen LogP contribution is -2.24. The highest BCUT2D eigenvalue weighted by atomic mass is 31.2. The van der Waals surface area contributed by atoms with Gasteiger partial charge in [-0.15, -0.1) is 0 Å². The van der Waals surface area contributed by atoms with E-state index in [-0.39, 0.29) is 23.4 Å². The number of amides is 2. The Labute approximate surface area is 530 Å². The van der Waals surface area contributed by atoms with Crippen LogP contribution in [0.4, 0.5) is 0 Å². The fourth-order valence-electron chi connectivity index (χ4n) is 10.4. The number of carbonyl (C=O) groups excluding carboxylic acids is 4. The number of ketones is 2. The number of rotatable bonds is 15. The van der Waals surface area contributed by atoms with Crippen LogP contribution >= 0.6 is 7.14 Å². The highest BCUT2D eigenvalue weighted by molar-refractivity contribution is 7.85. The summed E-state index contributed by atoms with van der Waals surface area (Å²) in [4.78, 5) is 48.4. The molecule has 2 amide bonds. The summed E-state index contributed by atoms with van der Waals surface area (Å²) in [6.45, 7) is 4.42. The first-order valence-electron chi connectivity index (χ1n) is 29.2. The second-order valence-electron chi connectivity index (χ2n) is 20.9. The van der Waals surface area contributed by atoms with E-state index < -0.39 is 7.14 Å². The molecule has 0 atom stereocenters. The first-order valence-corrected chi connectivity index (χ1v) is 31.0. The second-order valence-corrected chi connectivity index (χ2v) is 23.7. The summed E-state index contributed by atoms with van der Waals surface area (Å²) in [7, 11) is 6.64. The topological polar surface area (TPSA) is 156 Å². The van der Waals surface area contributed by atoms with Crippen LogP contribution in [0.2, 0.25) is 0 Å². The second kappa shape index (κ2) is 30.2. The summed E-state index contributed by atoms with van der Waals surface area (Å²) >= 11 is 0. The number of hydrogen-bond acceptors (Lipinski definition) is 10. The Balaban J connectivity index is 0.000000147. The van der Waals surface area contributed by atoms with Gasteiger partial charge in [0.2, 0.25) is 0 Å². The molecule has 0 heterocycles. The van der Waals surface area contributed by atoms with Gasteiger partial charge in [-0.1, -0.05) is 103 Å². The first kappa shape index (κ1) is 64.4. The summed E-state index contributed by atoms with van der Waals surface area (Å²) < 4.78 is 40.5. The van der Waals surface area contributed by atoms with E-state index in [0.717, 1.165) is 38.2 Å². The van der Waals surface area contributed by atoms with Crippen molar-refractivity contribution in [2.75, 3.05) is 42.5 Å². The molecule has 0 bridgehead atoms. The van der Waals surface area contributed by atoms with E-state index in [4.69, 9.17) is 23.7 Å². The van der Waals surface area contributed by atoms with Crippen molar-refractivity contribution in [3.05, 3.63) is 305 Å². The molecule has 456 valence electrons. The van der Waals surface area contributed by atoms with E-state index in [2.05, 4.69) is 73.0 Å². The minimum absolute atomic E-state index is 0.0575. The summed E-state index contributed by atoms with van der Waals surface area (Å²) in [5.74, 6) is 3.74. The zero-order chi connectivity index (χ0) is 64.4. The van der Waals surface area contributed by atoms with Crippen molar-refractivity contribution < 1.29 is 47.4 Å². The van der Waals surface area contributed by atoms with Gasteiger partial charge in [0.15, 0.2) is 18.7 Å². The Kier molecular flexibility index (Phi) is 21.4. The van der Waals surface area contributed by atoms with Gasteiger partial charge in [0, 0.05) is 63.4 Å². The third-order valence-corrected chi connectivity index (χ3v) is 18.5. The number of hydrogen-bond donors (Lipinski definition) is 2. The summed E-state index contributed by atoms with van der Waals surface area (Å²) in [5.41, 5.74) is 6.31. The number of ether oxygens (including phenoxy) is 5. The molecule has 12 rings (SSSR count). The van der Waals surface area contributed by atoms with Gasteiger partial charge in [0.25, 0.3) is 11.8 Å². The van der Waals surface area contributed by atoms with Crippen molar-refractivity contribution in [2.45, 2.75) is 13.8 Å². The van der Waals surface area contributed by atoms with Gasteiger partial charge in [-0.3, -0.25) is 19.2 Å². The molecule has 0 radical (unpaired) electrons. The van der Waals surface area contributed by atoms with Gasteiger partial charge in [-0.05, 0) is 215 Å². The van der Waals surface area contributed by atoms with Crippen LogP contribution < -0.4 is 50.2 Å². The van der Waals surface area contributed by atoms with Gasteiger partial charge < -0.3 is 38.9 Å². The van der Waals surface area contributed by atoms with E-state index in [1.54, 1.807) is 152 Å². The average molecular weight is 1230 g/mol. The summed E-state index contributed by atoms with van der Waals surface area (Å²) in [6.07, 6.45) is 0. The molecular formula is C78H69N2O10P. The van der Waals surface area contributed by atoms with Crippen LogP contribution in [0.25, 0.3) is 32.3 Å². The Morgan fingerprint density at radius 2 is 0.571 bits per heavy atom. The van der Waals surface area contributed by atoms with Gasteiger partial charge in [-0.2, -0.15) is 0 Å². The van der Waals surface area contributed by atoms with Crippen LogP contribution in [0.1, 0.15) is 63.7 Å². The molecule has 0 spiro atoms. The van der Waals surface area contributed by atoms with Gasteiger partial charge in [-0.25, -0.2) is 0 Å². The highest BCUT2D eigenvalue weighted by Gasteiger charge is 2.30. The molecule has 91 heavy (non-hydrogen) atoms. The maximum absolute atomic E-state index is 14.1. The summed E-state index contributed by atoms with van der Waals surface area (Å²) in [6, 6.07) is 80.5. The maximum Gasteiger partial charge on any atom is 0.251 e. The molecule has 0 aliphatic rings. The third-order valence-electron chi connectivity index (χ3n) is 15.5. The van der Waals surface area contributed by atoms with Crippen molar-refractivity contribution in [1.29, 1.82) is 0 Å². The van der Waals surface area contributed by atoms with Gasteiger partial charge >= 0.3 is 0 Å². The quantitative estimate of drug-likeness (QED) is 0.0576. The van der Waals surface area contributed by atoms with Crippen LogP contribution in [0.3, 0.4) is 0 Å². The normalized spacial score (nSPS) is 10.6. The van der Waals surface area contributed by atoms with Crippen molar-refractivity contribution >= 4 is 78.8 Å². The molecule has 12 aromatic carbocycles.